The predicted molar refractivity (Wildman–Crippen MR) is 118 cm³/mol. The quantitative estimate of drug-likeness (QED) is 0.558. The largest absolute Gasteiger partial charge is 0.497 e. The van der Waals surface area contributed by atoms with Crippen molar-refractivity contribution in [3.8, 4) is 5.75 Å². The Balaban J connectivity index is 0.000000286. The van der Waals surface area contributed by atoms with E-state index in [1.165, 1.54) is 30.4 Å². The average molecular weight is 386 g/mol. The van der Waals surface area contributed by atoms with Crippen molar-refractivity contribution in [1.29, 1.82) is 0 Å². The van der Waals surface area contributed by atoms with Gasteiger partial charge in [0.25, 0.3) is 0 Å². The van der Waals surface area contributed by atoms with E-state index in [9.17, 15) is 0 Å². The summed E-state index contributed by atoms with van der Waals surface area (Å²) >= 11 is 0. The van der Waals surface area contributed by atoms with Gasteiger partial charge < -0.3 is 9.47 Å². The van der Waals surface area contributed by atoms with Crippen molar-refractivity contribution >= 4 is 11.6 Å². The zero-order valence-electron chi connectivity index (χ0n) is 17.0. The minimum absolute atomic E-state index is 0.690. The van der Waals surface area contributed by atoms with Crippen molar-refractivity contribution < 1.29 is 9.47 Å². The van der Waals surface area contributed by atoms with Crippen molar-refractivity contribution in [3.05, 3.63) is 95.3 Å². The molecule has 2 unspecified atom stereocenters. The Kier molecular flexibility index (Phi) is 6.06. The molecule has 148 valence electrons. The van der Waals surface area contributed by atoms with Crippen molar-refractivity contribution in [1.82, 2.24) is 4.98 Å². The fourth-order valence-electron chi connectivity index (χ4n) is 3.81. The lowest BCUT2D eigenvalue weighted by Gasteiger charge is -2.23. The summed E-state index contributed by atoms with van der Waals surface area (Å²) in [5, 5.41) is 0. The van der Waals surface area contributed by atoms with Gasteiger partial charge in [0.05, 0.1) is 25.0 Å². The van der Waals surface area contributed by atoms with Crippen LogP contribution in [0.2, 0.25) is 0 Å². The number of hydrogen-bond acceptors (Lipinski definition) is 3. The standard InChI is InChI=1S/C21H19NO.C5H8O/c1-16-12-13-22-19(14-16)15-21(17-6-4-3-5-7-17)18-8-10-20(23-2)11-9-18;1-2-5-3-4(1)6-5/h3-15H,1-2H3;4-5H,1-3H2. The molecule has 29 heavy (non-hydrogen) atoms. The maximum atomic E-state index is 5.26. The fourth-order valence-corrected chi connectivity index (χ4v) is 3.81. The number of aromatic nitrogens is 1. The van der Waals surface area contributed by atoms with E-state index in [1.807, 2.05) is 30.5 Å². The highest BCUT2D eigenvalue weighted by Crippen LogP contribution is 2.36. The van der Waals surface area contributed by atoms with Gasteiger partial charge in [-0.3, -0.25) is 4.98 Å². The summed E-state index contributed by atoms with van der Waals surface area (Å²) < 4.78 is 10.5. The van der Waals surface area contributed by atoms with Gasteiger partial charge in [-0.15, -0.1) is 0 Å². The van der Waals surface area contributed by atoms with Gasteiger partial charge in [0.1, 0.15) is 5.75 Å². The Morgan fingerprint density at radius 3 is 2.17 bits per heavy atom. The molecule has 6 rings (SSSR count). The van der Waals surface area contributed by atoms with Gasteiger partial charge in [0, 0.05) is 6.20 Å². The van der Waals surface area contributed by atoms with E-state index >= 15 is 0 Å². The highest BCUT2D eigenvalue weighted by atomic mass is 16.5. The second-order valence-corrected chi connectivity index (χ2v) is 7.60. The minimum Gasteiger partial charge on any atom is -0.497 e. The summed E-state index contributed by atoms with van der Waals surface area (Å²) in [5.74, 6) is 0.856. The topological polar surface area (TPSA) is 31.4 Å². The number of rotatable bonds is 4. The molecule has 2 aromatic carbocycles. The first-order valence-corrected chi connectivity index (χ1v) is 10.2. The molecular formula is C26H27NO2. The molecule has 0 spiro atoms. The third-order valence-corrected chi connectivity index (χ3v) is 5.44. The first-order chi connectivity index (χ1) is 14.2. The van der Waals surface area contributed by atoms with Crippen molar-refractivity contribution in [2.45, 2.75) is 38.4 Å². The number of fused-ring (bicyclic) bond motifs is 1. The molecule has 1 saturated carbocycles. The molecule has 1 aromatic heterocycles. The van der Waals surface area contributed by atoms with Gasteiger partial charge in [-0.05, 0) is 78.8 Å². The van der Waals surface area contributed by atoms with Gasteiger partial charge in [-0.25, -0.2) is 0 Å². The molecule has 0 amide bonds. The van der Waals surface area contributed by atoms with Crippen LogP contribution < -0.4 is 4.74 Å². The number of ether oxygens (including phenoxy) is 2. The summed E-state index contributed by atoms with van der Waals surface area (Å²) in [4.78, 5) is 4.46. The van der Waals surface area contributed by atoms with E-state index in [0.29, 0.717) is 12.2 Å². The van der Waals surface area contributed by atoms with E-state index in [0.717, 1.165) is 22.6 Å². The van der Waals surface area contributed by atoms with Crippen LogP contribution in [0.15, 0.2) is 72.9 Å². The van der Waals surface area contributed by atoms with Crippen LogP contribution in [0.1, 0.15) is 41.6 Å². The van der Waals surface area contributed by atoms with Gasteiger partial charge in [0.15, 0.2) is 0 Å². The van der Waals surface area contributed by atoms with Gasteiger partial charge in [0.2, 0.25) is 0 Å². The number of methoxy groups -OCH3 is 1. The number of aryl methyl sites for hydroxylation is 1. The lowest BCUT2D eigenvalue weighted by molar-refractivity contribution is -0.0647. The van der Waals surface area contributed by atoms with E-state index in [-0.39, 0.29) is 0 Å². The number of hydrogen-bond donors (Lipinski definition) is 0. The van der Waals surface area contributed by atoms with Crippen LogP contribution in [0.4, 0.5) is 0 Å². The van der Waals surface area contributed by atoms with E-state index in [4.69, 9.17) is 9.47 Å². The molecule has 3 aromatic rings. The monoisotopic (exact) mass is 385 g/mol. The summed E-state index contributed by atoms with van der Waals surface area (Å²) in [6, 6.07) is 22.6. The number of nitrogens with zero attached hydrogens (tertiary/aromatic N) is 1. The van der Waals surface area contributed by atoms with E-state index in [2.05, 4.69) is 60.4 Å². The Morgan fingerprint density at radius 1 is 0.966 bits per heavy atom. The van der Waals surface area contributed by atoms with E-state index in [1.54, 1.807) is 7.11 Å². The number of benzene rings is 2. The van der Waals surface area contributed by atoms with Crippen LogP contribution in [0, 0.1) is 6.92 Å². The lowest BCUT2D eigenvalue weighted by atomic mass is 9.96. The van der Waals surface area contributed by atoms with Crippen LogP contribution in [-0.2, 0) is 4.74 Å². The Hall–Kier alpha value is -2.91. The Labute approximate surface area is 173 Å². The molecule has 3 nitrogen and oxygen atoms in total. The zero-order chi connectivity index (χ0) is 20.1. The third-order valence-electron chi connectivity index (χ3n) is 5.44. The Bertz CT molecular complexity index is 944. The zero-order valence-corrected chi connectivity index (χ0v) is 17.0. The smallest absolute Gasteiger partial charge is 0.118 e. The maximum Gasteiger partial charge on any atom is 0.118 e. The van der Waals surface area contributed by atoms with Crippen LogP contribution in [-0.4, -0.2) is 24.3 Å². The van der Waals surface area contributed by atoms with Crippen LogP contribution in [0.25, 0.3) is 11.6 Å². The van der Waals surface area contributed by atoms with Gasteiger partial charge in [-0.1, -0.05) is 42.5 Å². The molecule has 1 aliphatic carbocycles. The van der Waals surface area contributed by atoms with Crippen LogP contribution in [0.5, 0.6) is 5.75 Å². The number of pyridine rings is 1. The molecule has 3 fully saturated rings. The summed E-state index contributed by atoms with van der Waals surface area (Å²) in [6.45, 7) is 2.08. The summed E-state index contributed by atoms with van der Waals surface area (Å²) in [7, 11) is 1.68. The van der Waals surface area contributed by atoms with Crippen LogP contribution in [0.3, 0.4) is 0 Å². The van der Waals surface area contributed by atoms with Gasteiger partial charge >= 0.3 is 0 Å². The molecule has 2 atom stereocenters. The third kappa shape index (κ3) is 4.93. The first-order valence-electron chi connectivity index (χ1n) is 10.2. The van der Waals surface area contributed by atoms with E-state index < -0.39 is 0 Å². The molecule has 2 aliphatic heterocycles. The highest BCUT2D eigenvalue weighted by Gasteiger charge is 2.36. The second kappa shape index (κ2) is 9.06. The molecule has 0 N–H and O–H groups in total. The van der Waals surface area contributed by atoms with Gasteiger partial charge in [-0.2, -0.15) is 0 Å². The molecular weight excluding hydrogens is 358 g/mol. The second-order valence-electron chi connectivity index (χ2n) is 7.60. The first kappa shape index (κ1) is 19.4. The summed E-state index contributed by atoms with van der Waals surface area (Å²) in [6.07, 6.45) is 9.39. The van der Waals surface area contributed by atoms with Crippen molar-refractivity contribution in [2.75, 3.05) is 7.11 Å². The van der Waals surface area contributed by atoms with Crippen molar-refractivity contribution in [2.24, 2.45) is 0 Å². The minimum atomic E-state index is 0.690. The van der Waals surface area contributed by atoms with Crippen molar-refractivity contribution in [3.63, 3.8) is 0 Å². The molecule has 2 saturated heterocycles. The molecule has 2 bridgehead atoms. The molecule has 3 aliphatic rings. The highest BCUT2D eigenvalue weighted by molar-refractivity contribution is 5.90. The molecule has 3 heterocycles. The maximum absolute atomic E-state index is 5.26. The molecule has 0 radical (unpaired) electrons. The lowest BCUT2D eigenvalue weighted by Crippen LogP contribution is -2.25. The SMILES string of the molecule is C1CC2CC1O2.COc1ccc(C(=Cc2cc(C)ccn2)c2ccccc2)cc1. The average Bonchev–Trinajstić information content (AvgIpc) is 3.40. The van der Waals surface area contributed by atoms with Crippen LogP contribution >= 0.6 is 0 Å². The normalized spacial score (nSPS) is 19.7. The summed E-state index contributed by atoms with van der Waals surface area (Å²) in [5.41, 5.74) is 5.61. The fraction of sp³-hybridized carbons (Fsp3) is 0.269. The predicted octanol–water partition coefficient (Wildman–Crippen LogP) is 5.93. The molecule has 3 heteroatoms. The Morgan fingerprint density at radius 2 is 1.62 bits per heavy atom.